The Morgan fingerprint density at radius 1 is 1.38 bits per heavy atom. The maximum atomic E-state index is 13.3. The van der Waals surface area contributed by atoms with E-state index in [9.17, 15) is 19.8 Å². The predicted molar refractivity (Wildman–Crippen MR) is 115 cm³/mol. The summed E-state index contributed by atoms with van der Waals surface area (Å²) in [6.07, 6.45) is 1.94. The first-order valence-electron chi connectivity index (χ1n) is 10.6. The molecule has 5 rings (SSSR count). The molecular formula is C23H23N3O6. The molecule has 3 aliphatic rings. The Morgan fingerprint density at radius 2 is 2.16 bits per heavy atom. The van der Waals surface area contributed by atoms with Crippen molar-refractivity contribution in [3.8, 4) is 5.75 Å². The number of carbonyl (C=O) groups is 1. The molecule has 0 amide bonds. The van der Waals surface area contributed by atoms with Gasteiger partial charge < -0.3 is 24.7 Å². The monoisotopic (exact) mass is 437 g/mol. The molecule has 2 aromatic rings. The van der Waals surface area contributed by atoms with Gasteiger partial charge in [-0.2, -0.15) is 0 Å². The van der Waals surface area contributed by atoms with Crippen molar-refractivity contribution in [2.45, 2.75) is 51.4 Å². The summed E-state index contributed by atoms with van der Waals surface area (Å²) >= 11 is 0. The van der Waals surface area contributed by atoms with Crippen LogP contribution in [0, 0.1) is 5.92 Å². The van der Waals surface area contributed by atoms with E-state index in [1.54, 1.807) is 23.6 Å². The Hall–Kier alpha value is -3.46. The van der Waals surface area contributed by atoms with E-state index in [0.717, 1.165) is 5.56 Å². The van der Waals surface area contributed by atoms with Crippen LogP contribution in [-0.4, -0.2) is 37.9 Å². The first kappa shape index (κ1) is 20.4. The highest BCUT2D eigenvalue weighted by atomic mass is 16.6. The van der Waals surface area contributed by atoms with Gasteiger partial charge in [0, 0.05) is 23.6 Å². The minimum atomic E-state index is -1.87. The first-order chi connectivity index (χ1) is 15.3. The minimum absolute atomic E-state index is 0.00197. The van der Waals surface area contributed by atoms with Crippen molar-refractivity contribution >= 4 is 23.6 Å². The number of phenolic OH excluding ortho intramolecular Hbond substituents is 1. The summed E-state index contributed by atoms with van der Waals surface area (Å²) in [5.41, 5.74) is 1.51. The van der Waals surface area contributed by atoms with E-state index < -0.39 is 11.6 Å². The summed E-state index contributed by atoms with van der Waals surface area (Å²) in [5, 5.41) is 33.4. The van der Waals surface area contributed by atoms with Crippen molar-refractivity contribution in [1.29, 1.82) is 0 Å². The number of fused-ring (bicyclic) bond motifs is 5. The van der Waals surface area contributed by atoms with Crippen molar-refractivity contribution in [3.05, 3.63) is 56.5 Å². The number of hydrogen-bond donors (Lipinski definition) is 3. The van der Waals surface area contributed by atoms with Crippen LogP contribution in [0.5, 0.6) is 5.75 Å². The van der Waals surface area contributed by atoms with Gasteiger partial charge in [0.25, 0.3) is 5.56 Å². The lowest BCUT2D eigenvalue weighted by molar-refractivity contribution is -0.172. The van der Waals surface area contributed by atoms with Gasteiger partial charge in [0.2, 0.25) is 0 Å². The van der Waals surface area contributed by atoms with Crippen LogP contribution in [-0.2, 0) is 28.3 Å². The molecule has 0 fully saturated rings. The number of esters is 1. The zero-order chi connectivity index (χ0) is 22.8. The number of aromatic hydroxyl groups is 1. The zero-order valence-electron chi connectivity index (χ0n) is 17.7. The van der Waals surface area contributed by atoms with E-state index in [0.29, 0.717) is 41.2 Å². The summed E-state index contributed by atoms with van der Waals surface area (Å²) in [4.78, 5) is 30.5. The number of cyclic esters (lactones) is 1. The summed E-state index contributed by atoms with van der Waals surface area (Å²) in [6, 6.07) is 4.89. The normalized spacial score (nSPS) is 26.0. The van der Waals surface area contributed by atoms with Crippen LogP contribution in [0.3, 0.4) is 0 Å². The number of benzene rings is 1. The third-order valence-electron chi connectivity index (χ3n) is 6.89. The van der Waals surface area contributed by atoms with Crippen LogP contribution < -0.4 is 5.56 Å². The van der Waals surface area contributed by atoms with Gasteiger partial charge in [-0.15, -0.1) is 0 Å². The van der Waals surface area contributed by atoms with Crippen LogP contribution in [0.2, 0.25) is 0 Å². The number of carbonyl (C=O) groups excluding carboxylic acids is 1. The van der Waals surface area contributed by atoms with E-state index in [1.165, 1.54) is 12.3 Å². The fourth-order valence-electron chi connectivity index (χ4n) is 5.24. The largest absolute Gasteiger partial charge is 0.507 e. The van der Waals surface area contributed by atoms with E-state index in [2.05, 4.69) is 5.16 Å². The fourth-order valence-corrected chi connectivity index (χ4v) is 5.24. The lowest BCUT2D eigenvalue weighted by Crippen LogP contribution is -2.44. The molecular weight excluding hydrogens is 414 g/mol. The zero-order valence-corrected chi connectivity index (χ0v) is 17.7. The van der Waals surface area contributed by atoms with E-state index >= 15 is 0 Å². The molecule has 9 heteroatoms. The average molecular weight is 437 g/mol. The average Bonchev–Trinajstić information content (AvgIpc) is 3.03. The standard InChI is InChI=1S/C23H23N3O6/c1-3-23(30)15-7-17-20-12(9-26(17)21(28)14(15)10-32-22(23)29)6-11(2)19-13(8-24-31)18(27)5-4-16(19)25-20/h4-5,7-8,11-12,27,30-31H,3,6,9-10H2,1-2H3/b24-8+/t11-,12?,23+/m1/s1. The van der Waals surface area contributed by atoms with Gasteiger partial charge in [0.1, 0.15) is 12.4 Å². The molecule has 0 bridgehead atoms. The quantitative estimate of drug-likeness (QED) is 0.286. The van der Waals surface area contributed by atoms with Gasteiger partial charge in [0.05, 0.1) is 28.9 Å². The number of aromatic nitrogens is 1. The molecule has 166 valence electrons. The molecule has 0 radical (unpaired) electrons. The van der Waals surface area contributed by atoms with Crippen LogP contribution in [0.1, 0.15) is 60.6 Å². The molecule has 1 aromatic heterocycles. The number of oxime groups is 1. The number of aliphatic imine (C=N–C) groups is 1. The Morgan fingerprint density at radius 3 is 2.88 bits per heavy atom. The predicted octanol–water partition coefficient (Wildman–Crippen LogP) is 2.27. The van der Waals surface area contributed by atoms with Crippen molar-refractivity contribution in [3.63, 3.8) is 0 Å². The molecule has 1 aromatic carbocycles. The first-order valence-corrected chi connectivity index (χ1v) is 10.6. The molecule has 32 heavy (non-hydrogen) atoms. The third kappa shape index (κ3) is 2.67. The van der Waals surface area contributed by atoms with Crippen molar-refractivity contribution < 1.29 is 25.0 Å². The number of rotatable bonds is 2. The molecule has 3 aliphatic heterocycles. The number of pyridine rings is 1. The van der Waals surface area contributed by atoms with Gasteiger partial charge in [-0.3, -0.25) is 9.79 Å². The highest BCUT2D eigenvalue weighted by molar-refractivity contribution is 6.05. The van der Waals surface area contributed by atoms with Crippen molar-refractivity contribution in [2.24, 2.45) is 16.1 Å². The van der Waals surface area contributed by atoms with Gasteiger partial charge in [-0.05, 0) is 42.5 Å². The Bertz CT molecular complexity index is 1280. The van der Waals surface area contributed by atoms with Crippen LogP contribution in [0.15, 0.2) is 33.1 Å². The maximum Gasteiger partial charge on any atom is 0.343 e. The molecule has 0 spiro atoms. The summed E-state index contributed by atoms with van der Waals surface area (Å²) in [6.45, 7) is 3.94. The molecule has 9 nitrogen and oxygen atoms in total. The summed E-state index contributed by atoms with van der Waals surface area (Å²) < 4.78 is 6.76. The summed E-state index contributed by atoms with van der Waals surface area (Å²) in [7, 11) is 0. The van der Waals surface area contributed by atoms with E-state index in [-0.39, 0.29) is 41.7 Å². The smallest absolute Gasteiger partial charge is 0.343 e. The van der Waals surface area contributed by atoms with Crippen LogP contribution in [0.25, 0.3) is 0 Å². The lowest BCUT2D eigenvalue weighted by Gasteiger charge is -2.31. The van der Waals surface area contributed by atoms with E-state index in [4.69, 9.17) is 14.9 Å². The Labute approximate surface area is 183 Å². The number of hydrogen-bond acceptors (Lipinski definition) is 8. The van der Waals surface area contributed by atoms with Gasteiger partial charge in [-0.25, -0.2) is 4.79 Å². The molecule has 1 unspecified atom stereocenters. The van der Waals surface area contributed by atoms with Gasteiger partial charge in [-0.1, -0.05) is 19.0 Å². The van der Waals surface area contributed by atoms with Crippen LogP contribution >= 0.6 is 0 Å². The number of nitrogens with zero attached hydrogens (tertiary/aromatic N) is 3. The minimum Gasteiger partial charge on any atom is -0.507 e. The molecule has 3 atom stereocenters. The lowest BCUT2D eigenvalue weighted by atomic mass is 9.85. The maximum absolute atomic E-state index is 13.3. The fraction of sp³-hybridized carbons (Fsp3) is 0.391. The number of phenols is 1. The van der Waals surface area contributed by atoms with Crippen LogP contribution in [0.4, 0.5) is 5.69 Å². The second-order valence-electron chi connectivity index (χ2n) is 8.63. The SMILES string of the molecule is CC[C@@]1(O)C(=O)OCc2c1cc1n(c2=O)CC2C[C@@H](C)c3c(ccc(O)c3/C=N/O)N=C12. The third-order valence-corrected chi connectivity index (χ3v) is 6.89. The van der Waals surface area contributed by atoms with Crippen molar-refractivity contribution in [1.82, 2.24) is 4.57 Å². The Balaban J connectivity index is 1.75. The van der Waals surface area contributed by atoms with E-state index in [1.807, 2.05) is 6.92 Å². The molecule has 3 N–H and O–H groups in total. The molecule has 4 heterocycles. The highest BCUT2D eigenvalue weighted by Gasteiger charge is 2.46. The van der Waals surface area contributed by atoms with Gasteiger partial charge >= 0.3 is 5.97 Å². The number of aliphatic hydroxyl groups is 1. The Kier molecular flexibility index (Phi) is 4.49. The van der Waals surface area contributed by atoms with Crippen molar-refractivity contribution in [2.75, 3.05) is 0 Å². The summed E-state index contributed by atoms with van der Waals surface area (Å²) in [5.74, 6) is -0.857. The highest BCUT2D eigenvalue weighted by Crippen LogP contribution is 2.44. The topological polar surface area (TPSA) is 134 Å². The number of ether oxygens (including phenoxy) is 1. The molecule has 0 saturated heterocycles. The second-order valence-corrected chi connectivity index (χ2v) is 8.63. The van der Waals surface area contributed by atoms with Gasteiger partial charge in [0.15, 0.2) is 5.60 Å². The second kappa shape index (κ2) is 7.03. The molecule has 0 aliphatic carbocycles. The molecule has 0 saturated carbocycles.